The van der Waals surface area contributed by atoms with Crippen LogP contribution in [-0.2, 0) is 6.42 Å². The first-order valence-corrected chi connectivity index (χ1v) is 5.35. The minimum absolute atomic E-state index is 0.0303. The second-order valence-corrected chi connectivity index (χ2v) is 3.80. The lowest BCUT2D eigenvalue weighted by Gasteiger charge is -2.14. The molecule has 0 heterocycles. The first-order chi connectivity index (χ1) is 7.14. The molecule has 0 N–H and O–H groups in total. The maximum absolute atomic E-state index is 13.1. The van der Waals surface area contributed by atoms with Crippen molar-refractivity contribution in [3.05, 3.63) is 42.8 Å². The lowest BCUT2D eigenvalue weighted by molar-refractivity contribution is -0.0169. The molecular formula is C13H17F2. The highest BCUT2D eigenvalue weighted by Gasteiger charge is 2.26. The third-order valence-corrected chi connectivity index (χ3v) is 2.39. The van der Waals surface area contributed by atoms with Gasteiger partial charge in [0.2, 0.25) is 5.92 Å². The average Bonchev–Trinajstić information content (AvgIpc) is 2.19. The zero-order chi connectivity index (χ0) is 11.1. The number of hydrogen-bond acceptors (Lipinski definition) is 0. The minimum Gasteiger partial charge on any atom is -0.207 e. The zero-order valence-corrected chi connectivity index (χ0v) is 8.89. The maximum Gasteiger partial charge on any atom is 0.248 e. The van der Waals surface area contributed by atoms with Crippen LogP contribution in [0.4, 0.5) is 8.78 Å². The number of halogens is 2. The van der Waals surface area contributed by atoms with Gasteiger partial charge in [0.15, 0.2) is 0 Å². The molecule has 0 aliphatic carbocycles. The summed E-state index contributed by atoms with van der Waals surface area (Å²) in [5.41, 5.74) is 1.13. The fourth-order valence-electron chi connectivity index (χ4n) is 1.58. The van der Waals surface area contributed by atoms with Crippen molar-refractivity contribution in [2.45, 2.75) is 38.0 Å². The molecule has 0 aliphatic rings. The van der Waals surface area contributed by atoms with Crippen LogP contribution >= 0.6 is 0 Å². The highest BCUT2D eigenvalue weighted by molar-refractivity contribution is 5.14. The number of hydrogen-bond donors (Lipinski definition) is 0. The van der Waals surface area contributed by atoms with Crippen molar-refractivity contribution in [3.8, 4) is 0 Å². The van der Waals surface area contributed by atoms with Crippen LogP contribution in [0.3, 0.4) is 0 Å². The van der Waals surface area contributed by atoms with Crippen LogP contribution in [0.2, 0.25) is 0 Å². The first kappa shape index (κ1) is 12.2. The Bertz CT molecular complexity index is 267. The van der Waals surface area contributed by atoms with E-state index in [0.29, 0.717) is 12.8 Å². The van der Waals surface area contributed by atoms with Crippen LogP contribution in [0.15, 0.2) is 30.3 Å². The van der Waals surface area contributed by atoms with Crippen LogP contribution < -0.4 is 0 Å². The lowest BCUT2D eigenvalue weighted by Crippen LogP contribution is -2.15. The normalized spacial score (nSPS) is 11.7. The molecule has 0 nitrogen and oxygen atoms in total. The van der Waals surface area contributed by atoms with Gasteiger partial charge in [0.1, 0.15) is 0 Å². The highest BCUT2D eigenvalue weighted by atomic mass is 19.3. The lowest BCUT2D eigenvalue weighted by atomic mass is 10.0. The summed E-state index contributed by atoms with van der Waals surface area (Å²) in [7, 11) is 0. The second kappa shape index (κ2) is 5.84. The Morgan fingerprint density at radius 1 is 1.07 bits per heavy atom. The predicted molar refractivity (Wildman–Crippen MR) is 58.9 cm³/mol. The molecule has 0 unspecified atom stereocenters. The van der Waals surface area contributed by atoms with Crippen molar-refractivity contribution in [2.24, 2.45) is 0 Å². The van der Waals surface area contributed by atoms with Gasteiger partial charge < -0.3 is 0 Å². The van der Waals surface area contributed by atoms with Crippen molar-refractivity contribution in [1.29, 1.82) is 0 Å². The molecule has 1 radical (unpaired) electrons. The van der Waals surface area contributed by atoms with Gasteiger partial charge in [-0.25, -0.2) is 8.78 Å². The van der Waals surface area contributed by atoms with E-state index in [2.05, 4.69) is 6.92 Å². The van der Waals surface area contributed by atoms with Crippen LogP contribution in [0.25, 0.3) is 0 Å². The molecule has 0 atom stereocenters. The van der Waals surface area contributed by atoms with Gasteiger partial charge in [-0.2, -0.15) is 0 Å². The van der Waals surface area contributed by atoms with Gasteiger partial charge >= 0.3 is 0 Å². The summed E-state index contributed by atoms with van der Waals surface area (Å²) in [4.78, 5) is 0. The molecule has 1 aromatic rings. The smallest absolute Gasteiger partial charge is 0.207 e. The summed E-state index contributed by atoms with van der Waals surface area (Å²) in [6, 6.07) is 9.74. The van der Waals surface area contributed by atoms with Crippen molar-refractivity contribution in [3.63, 3.8) is 0 Å². The summed E-state index contributed by atoms with van der Waals surface area (Å²) < 4.78 is 26.2. The monoisotopic (exact) mass is 211 g/mol. The molecule has 0 saturated carbocycles. The first-order valence-electron chi connectivity index (χ1n) is 5.35. The van der Waals surface area contributed by atoms with E-state index in [9.17, 15) is 8.78 Å². The summed E-state index contributed by atoms with van der Waals surface area (Å²) in [6.45, 7) is 3.46. The van der Waals surface area contributed by atoms with E-state index in [4.69, 9.17) is 0 Å². The van der Waals surface area contributed by atoms with Crippen LogP contribution in [0, 0.1) is 6.92 Å². The van der Waals surface area contributed by atoms with Crippen molar-refractivity contribution in [2.75, 3.05) is 0 Å². The summed E-state index contributed by atoms with van der Waals surface area (Å²) in [6.07, 6.45) is 1.45. The number of alkyl halides is 2. The summed E-state index contributed by atoms with van der Waals surface area (Å²) in [5, 5.41) is 0. The molecule has 0 fully saturated rings. The van der Waals surface area contributed by atoms with Gasteiger partial charge in [-0.05, 0) is 24.8 Å². The molecule has 2 heteroatoms. The maximum atomic E-state index is 13.1. The molecule has 0 amide bonds. The van der Waals surface area contributed by atoms with Gasteiger partial charge in [-0.15, -0.1) is 0 Å². The molecule has 83 valence electrons. The van der Waals surface area contributed by atoms with E-state index in [1.54, 1.807) is 0 Å². The van der Waals surface area contributed by atoms with E-state index in [1.807, 2.05) is 30.3 Å². The number of rotatable bonds is 6. The number of benzene rings is 1. The quantitative estimate of drug-likeness (QED) is 0.659. The van der Waals surface area contributed by atoms with Gasteiger partial charge in [-0.3, -0.25) is 0 Å². The Labute approximate surface area is 90.3 Å². The molecule has 0 bridgehead atoms. The third kappa shape index (κ3) is 4.91. The molecule has 0 saturated heterocycles. The van der Waals surface area contributed by atoms with Crippen LogP contribution in [-0.4, -0.2) is 5.92 Å². The summed E-state index contributed by atoms with van der Waals surface area (Å²) in [5.74, 6) is -2.53. The Kier molecular flexibility index (Phi) is 4.73. The highest BCUT2D eigenvalue weighted by Crippen LogP contribution is 2.26. The van der Waals surface area contributed by atoms with Crippen molar-refractivity contribution >= 4 is 0 Å². The van der Waals surface area contributed by atoms with E-state index >= 15 is 0 Å². The SMILES string of the molecule is [CH2]CCC(F)(F)CCCc1ccccc1. The zero-order valence-electron chi connectivity index (χ0n) is 8.89. The Balaban J connectivity index is 2.27. The molecule has 0 aromatic heterocycles. The van der Waals surface area contributed by atoms with E-state index in [-0.39, 0.29) is 12.8 Å². The second-order valence-electron chi connectivity index (χ2n) is 3.80. The van der Waals surface area contributed by atoms with Gasteiger partial charge in [-0.1, -0.05) is 37.3 Å². The predicted octanol–water partition coefficient (Wildman–Crippen LogP) is 4.26. The minimum atomic E-state index is -2.53. The molecule has 1 rings (SSSR count). The van der Waals surface area contributed by atoms with Crippen LogP contribution in [0.1, 0.15) is 31.2 Å². The van der Waals surface area contributed by atoms with Crippen molar-refractivity contribution < 1.29 is 8.78 Å². The fourth-order valence-corrected chi connectivity index (χ4v) is 1.58. The van der Waals surface area contributed by atoms with E-state index in [0.717, 1.165) is 12.0 Å². The Morgan fingerprint density at radius 3 is 2.33 bits per heavy atom. The Hall–Kier alpha value is -0.920. The van der Waals surface area contributed by atoms with Gasteiger partial charge in [0, 0.05) is 12.8 Å². The average molecular weight is 211 g/mol. The van der Waals surface area contributed by atoms with Crippen molar-refractivity contribution in [1.82, 2.24) is 0 Å². The molecule has 15 heavy (non-hydrogen) atoms. The van der Waals surface area contributed by atoms with Gasteiger partial charge in [0.05, 0.1) is 0 Å². The van der Waals surface area contributed by atoms with E-state index < -0.39 is 5.92 Å². The Morgan fingerprint density at radius 2 is 1.73 bits per heavy atom. The standard InChI is InChI=1S/C13H17F2/c1-2-10-13(14,15)11-6-9-12-7-4-3-5-8-12/h3-5,7-8H,1-2,6,9-11H2. The topological polar surface area (TPSA) is 0 Å². The molecule has 0 aliphatic heterocycles. The van der Waals surface area contributed by atoms with Crippen LogP contribution in [0.5, 0.6) is 0 Å². The molecular weight excluding hydrogens is 194 g/mol. The molecule has 0 spiro atoms. The number of aryl methyl sites for hydroxylation is 1. The largest absolute Gasteiger partial charge is 0.248 e. The van der Waals surface area contributed by atoms with E-state index in [1.165, 1.54) is 0 Å². The fraction of sp³-hybridized carbons (Fsp3) is 0.462. The summed E-state index contributed by atoms with van der Waals surface area (Å²) >= 11 is 0. The van der Waals surface area contributed by atoms with Gasteiger partial charge in [0.25, 0.3) is 0 Å². The third-order valence-electron chi connectivity index (χ3n) is 2.39. The molecule has 1 aromatic carbocycles.